The van der Waals surface area contributed by atoms with Crippen LogP contribution in [-0.4, -0.2) is 38.4 Å². The Balaban J connectivity index is 1.53. The Hall–Kier alpha value is -2.74. The summed E-state index contributed by atoms with van der Waals surface area (Å²) in [5, 5.41) is 15.2. The number of nitrogens with zero attached hydrogens (tertiary/aromatic N) is 4. The topological polar surface area (TPSA) is 72.7 Å². The van der Waals surface area contributed by atoms with E-state index >= 15 is 0 Å². The fourth-order valence-electron chi connectivity index (χ4n) is 2.56. The molecule has 0 unspecified atom stereocenters. The molecule has 3 aromatic rings. The highest BCUT2D eigenvalue weighted by atomic mass is 32.2. The van der Waals surface area contributed by atoms with E-state index in [1.807, 2.05) is 32.0 Å². The van der Waals surface area contributed by atoms with Gasteiger partial charge in [0.05, 0.1) is 11.4 Å². The van der Waals surface area contributed by atoms with Gasteiger partial charge in [0.2, 0.25) is 11.1 Å². The Morgan fingerprint density at radius 3 is 2.74 bits per heavy atom. The Labute approximate surface area is 161 Å². The first-order chi connectivity index (χ1) is 13.0. The maximum atomic E-state index is 12.9. The molecule has 0 spiro atoms. The number of hydrogen-bond donors (Lipinski definition) is 1. The number of thioether (sulfide) groups is 1. The molecule has 3 rings (SSSR count). The lowest BCUT2D eigenvalue weighted by molar-refractivity contribution is -0.118. The third-order valence-corrected chi connectivity index (χ3v) is 5.15. The largest absolute Gasteiger partial charge is 0.355 e. The smallest absolute Gasteiger partial charge is 0.230 e. The summed E-state index contributed by atoms with van der Waals surface area (Å²) >= 11 is 1.28. The summed E-state index contributed by atoms with van der Waals surface area (Å²) in [5.74, 6) is -0.146. The van der Waals surface area contributed by atoms with Gasteiger partial charge in [-0.3, -0.25) is 4.79 Å². The molecule has 140 valence electrons. The van der Waals surface area contributed by atoms with E-state index in [0.29, 0.717) is 18.1 Å². The van der Waals surface area contributed by atoms with Crippen LogP contribution in [0.25, 0.3) is 5.69 Å². The zero-order valence-corrected chi connectivity index (χ0v) is 16.0. The van der Waals surface area contributed by atoms with Crippen molar-refractivity contribution in [1.29, 1.82) is 0 Å². The average Bonchev–Trinajstić information content (AvgIpc) is 3.12. The fourth-order valence-corrected chi connectivity index (χ4v) is 3.28. The molecule has 0 saturated carbocycles. The highest BCUT2D eigenvalue weighted by Crippen LogP contribution is 2.22. The molecule has 0 radical (unpaired) electrons. The predicted octanol–water partition coefficient (Wildman–Crippen LogP) is 2.87. The molecular weight excluding hydrogens is 365 g/mol. The minimum absolute atomic E-state index is 0.0994. The molecule has 6 nitrogen and oxygen atoms in total. The van der Waals surface area contributed by atoms with Crippen molar-refractivity contribution >= 4 is 17.7 Å². The minimum atomic E-state index is -0.263. The molecule has 8 heteroatoms. The summed E-state index contributed by atoms with van der Waals surface area (Å²) in [4.78, 5) is 12.1. The van der Waals surface area contributed by atoms with Gasteiger partial charge in [-0.05, 0) is 65.6 Å². The maximum absolute atomic E-state index is 12.9. The summed E-state index contributed by atoms with van der Waals surface area (Å²) in [7, 11) is 0. The number of carbonyl (C=O) groups is 1. The second-order valence-electron chi connectivity index (χ2n) is 6.11. The number of halogens is 1. The van der Waals surface area contributed by atoms with Crippen molar-refractivity contribution in [2.24, 2.45) is 0 Å². The fraction of sp³-hybridized carbons (Fsp3) is 0.263. The number of carbonyl (C=O) groups excluding carboxylic acids is 1. The highest BCUT2D eigenvalue weighted by Gasteiger charge is 2.13. The summed E-state index contributed by atoms with van der Waals surface area (Å²) in [6, 6.07) is 12.2. The van der Waals surface area contributed by atoms with E-state index in [0.717, 1.165) is 22.4 Å². The first-order valence-electron chi connectivity index (χ1n) is 8.53. The van der Waals surface area contributed by atoms with Crippen LogP contribution in [0.2, 0.25) is 0 Å². The number of benzene rings is 2. The van der Waals surface area contributed by atoms with Crippen LogP contribution in [0.3, 0.4) is 0 Å². The molecular formula is C19H20FN5OS. The lowest BCUT2D eigenvalue weighted by Gasteiger charge is -2.09. The van der Waals surface area contributed by atoms with Crippen LogP contribution < -0.4 is 5.32 Å². The summed E-state index contributed by atoms with van der Waals surface area (Å²) < 4.78 is 14.5. The molecule has 0 saturated heterocycles. The van der Waals surface area contributed by atoms with E-state index < -0.39 is 0 Å². The molecule has 0 atom stereocenters. The molecule has 1 aromatic heterocycles. The van der Waals surface area contributed by atoms with Gasteiger partial charge in [0.1, 0.15) is 5.82 Å². The van der Waals surface area contributed by atoms with Gasteiger partial charge in [-0.2, -0.15) is 4.68 Å². The Morgan fingerprint density at radius 1 is 1.19 bits per heavy atom. The molecule has 0 aliphatic rings. The van der Waals surface area contributed by atoms with Gasteiger partial charge in [0, 0.05) is 6.54 Å². The molecule has 2 aromatic carbocycles. The van der Waals surface area contributed by atoms with Crippen LogP contribution in [0, 0.1) is 19.7 Å². The first kappa shape index (κ1) is 19.0. The van der Waals surface area contributed by atoms with Crippen molar-refractivity contribution in [2.75, 3.05) is 12.3 Å². The van der Waals surface area contributed by atoms with Gasteiger partial charge in [-0.15, -0.1) is 5.10 Å². The third-order valence-electron chi connectivity index (χ3n) is 4.23. The van der Waals surface area contributed by atoms with E-state index in [-0.39, 0.29) is 17.5 Å². The van der Waals surface area contributed by atoms with Crippen LogP contribution in [0.1, 0.15) is 16.7 Å². The highest BCUT2D eigenvalue weighted by molar-refractivity contribution is 7.99. The van der Waals surface area contributed by atoms with E-state index in [1.165, 1.54) is 23.9 Å². The van der Waals surface area contributed by atoms with Crippen LogP contribution in [0.5, 0.6) is 0 Å². The second-order valence-corrected chi connectivity index (χ2v) is 7.05. The predicted molar refractivity (Wildman–Crippen MR) is 102 cm³/mol. The van der Waals surface area contributed by atoms with Crippen LogP contribution in [0.15, 0.2) is 47.6 Å². The van der Waals surface area contributed by atoms with Crippen LogP contribution >= 0.6 is 11.8 Å². The first-order valence-corrected chi connectivity index (χ1v) is 9.52. The van der Waals surface area contributed by atoms with E-state index in [4.69, 9.17) is 0 Å². The minimum Gasteiger partial charge on any atom is -0.355 e. The lowest BCUT2D eigenvalue weighted by Crippen LogP contribution is -2.27. The SMILES string of the molecule is Cc1cccc(-n2nnnc2SCC(=O)NCCc2ccc(F)cc2)c1C. The van der Waals surface area contributed by atoms with E-state index in [2.05, 4.69) is 20.8 Å². The molecule has 0 aliphatic heterocycles. The second kappa shape index (κ2) is 8.77. The normalized spacial score (nSPS) is 10.8. The number of tetrazole rings is 1. The lowest BCUT2D eigenvalue weighted by atomic mass is 10.1. The number of aryl methyl sites for hydroxylation is 1. The monoisotopic (exact) mass is 385 g/mol. The van der Waals surface area contributed by atoms with Gasteiger partial charge in [0.15, 0.2) is 0 Å². The third kappa shape index (κ3) is 4.91. The molecule has 1 amide bonds. The zero-order chi connectivity index (χ0) is 19.2. The van der Waals surface area contributed by atoms with Gasteiger partial charge >= 0.3 is 0 Å². The molecule has 27 heavy (non-hydrogen) atoms. The average molecular weight is 385 g/mol. The van der Waals surface area contributed by atoms with Gasteiger partial charge in [-0.25, -0.2) is 4.39 Å². The molecule has 0 bridgehead atoms. The Kier molecular flexibility index (Phi) is 6.18. The van der Waals surface area contributed by atoms with E-state index in [1.54, 1.807) is 16.8 Å². The number of amides is 1. The van der Waals surface area contributed by atoms with Crippen molar-refractivity contribution in [3.8, 4) is 5.69 Å². The van der Waals surface area contributed by atoms with Crippen molar-refractivity contribution in [3.05, 3.63) is 65.0 Å². The molecule has 1 heterocycles. The van der Waals surface area contributed by atoms with Crippen LogP contribution in [-0.2, 0) is 11.2 Å². The number of nitrogens with one attached hydrogen (secondary N) is 1. The summed E-state index contributed by atoms with van der Waals surface area (Å²) in [6.45, 7) is 4.54. The van der Waals surface area contributed by atoms with Gasteiger partial charge in [-0.1, -0.05) is 36.0 Å². The summed E-state index contributed by atoms with van der Waals surface area (Å²) in [6.07, 6.45) is 0.650. The van der Waals surface area contributed by atoms with Crippen molar-refractivity contribution in [1.82, 2.24) is 25.5 Å². The van der Waals surface area contributed by atoms with Crippen molar-refractivity contribution < 1.29 is 9.18 Å². The maximum Gasteiger partial charge on any atom is 0.230 e. The van der Waals surface area contributed by atoms with Crippen molar-refractivity contribution in [3.63, 3.8) is 0 Å². The Bertz CT molecular complexity index is 926. The Morgan fingerprint density at radius 2 is 1.96 bits per heavy atom. The van der Waals surface area contributed by atoms with E-state index in [9.17, 15) is 9.18 Å². The van der Waals surface area contributed by atoms with Crippen molar-refractivity contribution in [2.45, 2.75) is 25.4 Å². The quantitative estimate of drug-likeness (QED) is 0.633. The van der Waals surface area contributed by atoms with Crippen LogP contribution in [0.4, 0.5) is 4.39 Å². The number of rotatable bonds is 7. The van der Waals surface area contributed by atoms with Gasteiger partial charge < -0.3 is 5.32 Å². The molecule has 0 fully saturated rings. The molecule has 1 N–H and O–H groups in total. The van der Waals surface area contributed by atoms with Gasteiger partial charge in [0.25, 0.3) is 0 Å². The summed E-state index contributed by atoms with van der Waals surface area (Å²) in [5.41, 5.74) is 4.12. The standard InChI is InChI=1S/C19H20FN5OS/c1-13-4-3-5-17(14(13)2)25-19(22-23-24-25)27-12-18(26)21-11-10-15-6-8-16(20)9-7-15/h3-9H,10-12H2,1-2H3,(H,21,26). The molecule has 0 aliphatic carbocycles. The zero-order valence-electron chi connectivity index (χ0n) is 15.1. The number of aromatic nitrogens is 4. The number of hydrogen-bond acceptors (Lipinski definition) is 5.